The highest BCUT2D eigenvalue weighted by atomic mass is 35.5. The van der Waals surface area contributed by atoms with Gasteiger partial charge in [0.05, 0.1) is 22.8 Å². The second-order valence-electron chi connectivity index (χ2n) is 6.24. The van der Waals surface area contributed by atoms with Crippen molar-refractivity contribution in [3.63, 3.8) is 0 Å². The molecule has 2 aromatic rings. The Morgan fingerprint density at radius 1 is 1.38 bits per heavy atom. The molecule has 0 saturated carbocycles. The summed E-state index contributed by atoms with van der Waals surface area (Å²) < 4.78 is 13.2. The summed E-state index contributed by atoms with van der Waals surface area (Å²) in [5.41, 5.74) is 1.15. The van der Waals surface area contributed by atoms with E-state index < -0.39 is 5.82 Å². The first-order valence-electron chi connectivity index (χ1n) is 8.14. The molecule has 0 fully saturated rings. The van der Waals surface area contributed by atoms with Crippen LogP contribution in [0.1, 0.15) is 34.8 Å². The van der Waals surface area contributed by atoms with Crippen molar-refractivity contribution in [2.45, 2.75) is 32.9 Å². The number of nitrogens with one attached hydrogen (secondary N) is 2. The lowest BCUT2D eigenvalue weighted by molar-refractivity contribution is 0.0736. The minimum Gasteiger partial charge on any atom is -0.336 e. The van der Waals surface area contributed by atoms with Crippen LogP contribution in [0.2, 0.25) is 5.02 Å². The molecule has 0 bridgehead atoms. The molecule has 0 saturated heterocycles. The molecule has 9 heteroatoms. The van der Waals surface area contributed by atoms with Gasteiger partial charge in [-0.15, -0.1) is 0 Å². The standard InChI is InChI=1S/C17H18ClFN4O2S/c1-9(2)20-16(25)22-17-21-13-5-6-23(8-14(13)26-17)15(24)11-4-3-10(19)7-12(11)18/h3-4,7,9H,5-6,8H2,1-2H3,(H2,20,21,22,25). The summed E-state index contributed by atoms with van der Waals surface area (Å²) in [5.74, 6) is -0.730. The molecular weight excluding hydrogens is 379 g/mol. The second kappa shape index (κ2) is 7.59. The van der Waals surface area contributed by atoms with Crippen LogP contribution in [0.15, 0.2) is 18.2 Å². The molecule has 1 aromatic carbocycles. The largest absolute Gasteiger partial charge is 0.336 e. The maximum Gasteiger partial charge on any atom is 0.321 e. The summed E-state index contributed by atoms with van der Waals surface area (Å²) in [6.45, 7) is 4.61. The Morgan fingerprint density at radius 3 is 2.85 bits per heavy atom. The maximum atomic E-state index is 13.2. The lowest BCUT2D eigenvalue weighted by atomic mass is 10.1. The summed E-state index contributed by atoms with van der Waals surface area (Å²) >= 11 is 7.34. The third-order valence-corrected chi connectivity index (χ3v) is 5.13. The fourth-order valence-corrected chi connectivity index (χ4v) is 3.92. The molecule has 0 spiro atoms. The van der Waals surface area contributed by atoms with Crippen LogP contribution >= 0.6 is 22.9 Å². The van der Waals surface area contributed by atoms with Gasteiger partial charge >= 0.3 is 6.03 Å². The predicted molar refractivity (Wildman–Crippen MR) is 99.3 cm³/mol. The van der Waals surface area contributed by atoms with Gasteiger partial charge in [0.25, 0.3) is 5.91 Å². The monoisotopic (exact) mass is 396 g/mol. The van der Waals surface area contributed by atoms with Crippen molar-refractivity contribution in [2.24, 2.45) is 0 Å². The van der Waals surface area contributed by atoms with Crippen molar-refractivity contribution in [2.75, 3.05) is 11.9 Å². The van der Waals surface area contributed by atoms with Gasteiger partial charge in [0.2, 0.25) is 0 Å². The zero-order valence-electron chi connectivity index (χ0n) is 14.3. The van der Waals surface area contributed by atoms with Crippen molar-refractivity contribution in [3.05, 3.63) is 45.2 Å². The highest BCUT2D eigenvalue weighted by Crippen LogP contribution is 2.30. The van der Waals surface area contributed by atoms with Gasteiger partial charge in [-0.2, -0.15) is 0 Å². The Morgan fingerprint density at radius 2 is 2.15 bits per heavy atom. The van der Waals surface area contributed by atoms with Crippen molar-refractivity contribution < 1.29 is 14.0 Å². The van der Waals surface area contributed by atoms with Crippen molar-refractivity contribution in [1.29, 1.82) is 0 Å². The van der Waals surface area contributed by atoms with E-state index in [1.165, 1.54) is 23.5 Å². The van der Waals surface area contributed by atoms with Gasteiger partial charge in [0.1, 0.15) is 5.82 Å². The molecule has 6 nitrogen and oxygen atoms in total. The number of nitrogens with zero attached hydrogens (tertiary/aromatic N) is 2. The van der Waals surface area contributed by atoms with Gasteiger partial charge in [-0.3, -0.25) is 10.1 Å². The maximum absolute atomic E-state index is 13.2. The average Bonchev–Trinajstić information content (AvgIpc) is 2.94. The number of rotatable bonds is 3. The Hall–Kier alpha value is -2.19. The van der Waals surface area contributed by atoms with E-state index in [-0.39, 0.29) is 28.6 Å². The molecular formula is C17H18ClFN4O2S. The number of amides is 3. The van der Waals surface area contributed by atoms with Gasteiger partial charge < -0.3 is 10.2 Å². The fourth-order valence-electron chi connectivity index (χ4n) is 2.65. The smallest absolute Gasteiger partial charge is 0.321 e. The van der Waals surface area contributed by atoms with Crippen LogP contribution in [0.3, 0.4) is 0 Å². The number of halogens is 2. The molecule has 138 valence electrons. The quantitative estimate of drug-likeness (QED) is 0.831. The van der Waals surface area contributed by atoms with Crippen molar-refractivity contribution >= 4 is 40.0 Å². The fraction of sp³-hybridized carbons (Fsp3) is 0.353. The first kappa shape index (κ1) is 18.6. The topological polar surface area (TPSA) is 74.3 Å². The highest BCUT2D eigenvalue weighted by Gasteiger charge is 2.26. The molecule has 26 heavy (non-hydrogen) atoms. The second-order valence-corrected chi connectivity index (χ2v) is 7.73. The zero-order valence-corrected chi connectivity index (χ0v) is 15.9. The summed E-state index contributed by atoms with van der Waals surface area (Å²) in [6, 6.07) is 3.46. The van der Waals surface area contributed by atoms with Crippen LogP contribution in [-0.2, 0) is 13.0 Å². The van der Waals surface area contributed by atoms with E-state index in [1.54, 1.807) is 4.90 Å². The summed E-state index contributed by atoms with van der Waals surface area (Å²) in [4.78, 5) is 31.5. The summed E-state index contributed by atoms with van der Waals surface area (Å²) in [5, 5.41) is 6.05. The minimum atomic E-state index is -0.481. The Bertz CT molecular complexity index is 855. The lowest BCUT2D eigenvalue weighted by Crippen LogP contribution is -2.35. The van der Waals surface area contributed by atoms with Crippen LogP contribution in [0.4, 0.5) is 14.3 Å². The molecule has 2 N–H and O–H groups in total. The number of hydrogen-bond donors (Lipinski definition) is 2. The number of hydrogen-bond acceptors (Lipinski definition) is 4. The number of benzene rings is 1. The molecule has 3 rings (SSSR count). The van der Waals surface area contributed by atoms with Gasteiger partial charge in [0, 0.05) is 23.9 Å². The lowest BCUT2D eigenvalue weighted by Gasteiger charge is -2.26. The van der Waals surface area contributed by atoms with Gasteiger partial charge in [-0.1, -0.05) is 22.9 Å². The normalized spacial score (nSPS) is 13.5. The van der Waals surface area contributed by atoms with E-state index in [0.717, 1.165) is 16.6 Å². The van der Waals surface area contributed by atoms with Crippen molar-refractivity contribution in [1.82, 2.24) is 15.2 Å². The number of thiazole rings is 1. The van der Waals surface area contributed by atoms with Gasteiger partial charge in [-0.25, -0.2) is 14.2 Å². The van der Waals surface area contributed by atoms with E-state index in [1.807, 2.05) is 13.8 Å². The number of carbonyl (C=O) groups is 2. The number of fused-ring (bicyclic) bond motifs is 1. The first-order chi connectivity index (χ1) is 12.3. The van der Waals surface area contributed by atoms with Crippen LogP contribution in [0, 0.1) is 5.82 Å². The number of urea groups is 1. The molecule has 0 aliphatic carbocycles. The van der Waals surface area contributed by atoms with Gasteiger partial charge in [0.15, 0.2) is 5.13 Å². The molecule has 2 heterocycles. The van der Waals surface area contributed by atoms with Crippen molar-refractivity contribution in [3.8, 4) is 0 Å². The Balaban J connectivity index is 1.71. The zero-order chi connectivity index (χ0) is 18.8. The summed E-state index contributed by atoms with van der Waals surface area (Å²) in [7, 11) is 0. The SMILES string of the molecule is CC(C)NC(=O)Nc1nc2c(s1)CN(C(=O)c1ccc(F)cc1Cl)CC2. The van der Waals surface area contributed by atoms with E-state index in [0.29, 0.717) is 24.6 Å². The van der Waals surface area contributed by atoms with Crippen LogP contribution in [0.5, 0.6) is 0 Å². The molecule has 3 amide bonds. The molecule has 0 atom stereocenters. The molecule has 1 aromatic heterocycles. The minimum absolute atomic E-state index is 0.0261. The number of aromatic nitrogens is 1. The molecule has 1 aliphatic heterocycles. The van der Waals surface area contributed by atoms with E-state index in [4.69, 9.17) is 11.6 Å². The number of anilines is 1. The Kier molecular flexibility index (Phi) is 5.43. The van der Waals surface area contributed by atoms with E-state index >= 15 is 0 Å². The molecule has 1 aliphatic rings. The predicted octanol–water partition coefficient (Wildman–Crippen LogP) is 3.66. The van der Waals surface area contributed by atoms with Crippen LogP contribution < -0.4 is 10.6 Å². The van der Waals surface area contributed by atoms with E-state index in [9.17, 15) is 14.0 Å². The molecule has 0 radical (unpaired) electrons. The number of carbonyl (C=O) groups excluding carboxylic acids is 2. The molecule has 0 unspecified atom stereocenters. The van der Waals surface area contributed by atoms with Gasteiger partial charge in [-0.05, 0) is 32.0 Å². The highest BCUT2D eigenvalue weighted by molar-refractivity contribution is 7.15. The van der Waals surface area contributed by atoms with Crippen LogP contribution in [0.25, 0.3) is 0 Å². The average molecular weight is 397 g/mol. The Labute approximate surface area is 159 Å². The van der Waals surface area contributed by atoms with Crippen LogP contribution in [-0.4, -0.2) is 34.4 Å². The third kappa shape index (κ3) is 4.13. The summed E-state index contributed by atoms with van der Waals surface area (Å²) in [6.07, 6.45) is 0.587. The third-order valence-electron chi connectivity index (χ3n) is 3.82. The first-order valence-corrected chi connectivity index (χ1v) is 9.33. The van der Waals surface area contributed by atoms with E-state index in [2.05, 4.69) is 15.6 Å².